The van der Waals surface area contributed by atoms with Gasteiger partial charge in [0.25, 0.3) is 0 Å². The van der Waals surface area contributed by atoms with Crippen LogP contribution in [0.3, 0.4) is 0 Å². The first-order valence-corrected chi connectivity index (χ1v) is 6.11. The van der Waals surface area contributed by atoms with Crippen molar-refractivity contribution in [2.75, 3.05) is 10.6 Å². The van der Waals surface area contributed by atoms with Crippen molar-refractivity contribution in [3.05, 3.63) is 42.5 Å². The highest BCUT2D eigenvalue weighted by Crippen LogP contribution is 2.24. The maximum absolute atomic E-state index is 4.20. The van der Waals surface area contributed by atoms with E-state index < -0.39 is 0 Å². The Balaban J connectivity index is 1.61. The van der Waals surface area contributed by atoms with Crippen molar-refractivity contribution in [2.45, 2.75) is 25.4 Å². The van der Waals surface area contributed by atoms with Crippen molar-refractivity contribution in [1.29, 1.82) is 0 Å². The molecule has 2 N–H and O–H groups in total. The van der Waals surface area contributed by atoms with E-state index in [1.54, 1.807) is 12.5 Å². The maximum atomic E-state index is 4.20. The first kappa shape index (κ1) is 11.0. The van der Waals surface area contributed by atoms with Crippen LogP contribution in [0.15, 0.2) is 36.9 Å². The highest BCUT2D eigenvalue weighted by Gasteiger charge is 2.21. The monoisotopic (exact) mass is 241 g/mol. The lowest BCUT2D eigenvalue weighted by atomic mass is 10.3. The molecule has 1 aliphatic rings. The summed E-state index contributed by atoms with van der Waals surface area (Å²) in [5, 5.41) is 6.61. The fraction of sp³-hybridized carbons (Fsp3) is 0.308. The molecule has 5 heteroatoms. The van der Waals surface area contributed by atoms with Gasteiger partial charge in [0.15, 0.2) is 0 Å². The Morgan fingerprint density at radius 2 is 2.11 bits per heavy atom. The van der Waals surface area contributed by atoms with E-state index >= 15 is 0 Å². The number of rotatable bonds is 5. The lowest BCUT2D eigenvalue weighted by molar-refractivity contribution is 1.05. The second kappa shape index (κ2) is 5.00. The zero-order chi connectivity index (χ0) is 12.2. The average Bonchev–Trinajstić information content (AvgIpc) is 3.22. The topological polar surface area (TPSA) is 62.7 Å². The van der Waals surface area contributed by atoms with Crippen LogP contribution in [0.4, 0.5) is 11.6 Å². The van der Waals surface area contributed by atoms with Crippen molar-refractivity contribution < 1.29 is 0 Å². The molecule has 2 heterocycles. The largest absolute Gasteiger partial charge is 0.367 e. The predicted molar refractivity (Wildman–Crippen MR) is 70.2 cm³/mol. The van der Waals surface area contributed by atoms with Gasteiger partial charge in [-0.3, -0.25) is 4.98 Å². The Morgan fingerprint density at radius 1 is 1.22 bits per heavy atom. The lowest BCUT2D eigenvalue weighted by Crippen LogP contribution is -2.06. The van der Waals surface area contributed by atoms with Crippen LogP contribution in [0.25, 0.3) is 0 Å². The fourth-order valence-electron chi connectivity index (χ4n) is 1.67. The van der Waals surface area contributed by atoms with Crippen molar-refractivity contribution in [2.24, 2.45) is 0 Å². The normalized spacial score (nSPS) is 14.2. The number of aromatic nitrogens is 3. The second-order valence-electron chi connectivity index (χ2n) is 4.42. The number of hydrogen-bond donors (Lipinski definition) is 2. The van der Waals surface area contributed by atoms with E-state index in [2.05, 4.69) is 25.6 Å². The Kier molecular flexibility index (Phi) is 3.04. The third-order valence-corrected chi connectivity index (χ3v) is 2.79. The van der Waals surface area contributed by atoms with E-state index in [-0.39, 0.29) is 0 Å². The number of nitrogens with zero attached hydrogens (tertiary/aromatic N) is 3. The van der Waals surface area contributed by atoms with Crippen molar-refractivity contribution >= 4 is 11.6 Å². The molecule has 1 aliphatic carbocycles. The molecule has 0 radical (unpaired) electrons. The van der Waals surface area contributed by atoms with Gasteiger partial charge in [0.2, 0.25) is 0 Å². The molecule has 0 amide bonds. The number of pyridine rings is 1. The van der Waals surface area contributed by atoms with E-state index in [1.165, 1.54) is 12.8 Å². The number of nitrogens with one attached hydrogen (secondary N) is 2. The van der Waals surface area contributed by atoms with Gasteiger partial charge in [-0.05, 0) is 24.5 Å². The summed E-state index contributed by atoms with van der Waals surface area (Å²) < 4.78 is 0. The SMILES string of the molecule is c1cncc(CNc2cc(NC3CC3)ncn2)c1. The van der Waals surface area contributed by atoms with Crippen LogP contribution in [-0.4, -0.2) is 21.0 Å². The van der Waals surface area contributed by atoms with Gasteiger partial charge < -0.3 is 10.6 Å². The second-order valence-corrected chi connectivity index (χ2v) is 4.42. The summed E-state index contributed by atoms with van der Waals surface area (Å²) in [4.78, 5) is 12.5. The molecule has 1 saturated carbocycles. The average molecular weight is 241 g/mol. The van der Waals surface area contributed by atoms with E-state index in [9.17, 15) is 0 Å². The molecule has 1 fully saturated rings. The molecule has 3 rings (SSSR count). The highest BCUT2D eigenvalue weighted by atomic mass is 15.1. The Hall–Kier alpha value is -2.17. The predicted octanol–water partition coefficient (Wildman–Crippen LogP) is 2.06. The number of hydrogen-bond acceptors (Lipinski definition) is 5. The Morgan fingerprint density at radius 3 is 2.89 bits per heavy atom. The summed E-state index contributed by atoms with van der Waals surface area (Å²) in [6.45, 7) is 0.716. The van der Waals surface area contributed by atoms with E-state index in [1.807, 2.05) is 24.4 Å². The van der Waals surface area contributed by atoms with Gasteiger partial charge in [0.05, 0.1) is 0 Å². The third-order valence-electron chi connectivity index (χ3n) is 2.79. The molecule has 2 aromatic rings. The minimum Gasteiger partial charge on any atom is -0.367 e. The molecule has 92 valence electrons. The Labute approximate surface area is 106 Å². The van der Waals surface area contributed by atoms with Gasteiger partial charge >= 0.3 is 0 Å². The smallest absolute Gasteiger partial charge is 0.131 e. The summed E-state index contributed by atoms with van der Waals surface area (Å²) in [6.07, 6.45) is 7.67. The zero-order valence-corrected chi connectivity index (χ0v) is 10.0. The van der Waals surface area contributed by atoms with Crippen molar-refractivity contribution in [1.82, 2.24) is 15.0 Å². The Bertz CT molecular complexity index is 510. The molecule has 18 heavy (non-hydrogen) atoms. The van der Waals surface area contributed by atoms with E-state index in [0.717, 1.165) is 17.2 Å². The van der Waals surface area contributed by atoms with Crippen LogP contribution < -0.4 is 10.6 Å². The van der Waals surface area contributed by atoms with Gasteiger partial charge in [-0.25, -0.2) is 9.97 Å². The van der Waals surface area contributed by atoms with Crippen molar-refractivity contribution in [3.63, 3.8) is 0 Å². The fourth-order valence-corrected chi connectivity index (χ4v) is 1.67. The molecule has 5 nitrogen and oxygen atoms in total. The summed E-state index contributed by atoms with van der Waals surface area (Å²) in [5.41, 5.74) is 1.13. The van der Waals surface area contributed by atoms with Crippen LogP contribution in [0.5, 0.6) is 0 Å². The van der Waals surface area contributed by atoms with Gasteiger partial charge in [-0.2, -0.15) is 0 Å². The van der Waals surface area contributed by atoms with E-state index in [0.29, 0.717) is 12.6 Å². The molecular weight excluding hydrogens is 226 g/mol. The molecular formula is C13H15N5. The van der Waals surface area contributed by atoms with Crippen LogP contribution in [-0.2, 0) is 6.54 Å². The molecule has 2 aromatic heterocycles. The van der Waals surface area contributed by atoms with Crippen molar-refractivity contribution in [3.8, 4) is 0 Å². The highest BCUT2D eigenvalue weighted by molar-refractivity contribution is 5.47. The van der Waals surface area contributed by atoms with Gasteiger partial charge in [-0.1, -0.05) is 6.07 Å². The minimum absolute atomic E-state index is 0.603. The maximum Gasteiger partial charge on any atom is 0.131 e. The first-order valence-electron chi connectivity index (χ1n) is 6.11. The summed E-state index contributed by atoms with van der Waals surface area (Å²) in [7, 11) is 0. The zero-order valence-electron chi connectivity index (χ0n) is 10.0. The summed E-state index contributed by atoms with van der Waals surface area (Å²) >= 11 is 0. The molecule has 0 aromatic carbocycles. The summed E-state index contributed by atoms with van der Waals surface area (Å²) in [5.74, 6) is 1.72. The molecule has 0 unspecified atom stereocenters. The number of anilines is 2. The van der Waals surface area contributed by atoms with Crippen LogP contribution in [0.1, 0.15) is 18.4 Å². The van der Waals surface area contributed by atoms with Crippen LogP contribution in [0.2, 0.25) is 0 Å². The van der Waals surface area contributed by atoms with Gasteiger partial charge in [0, 0.05) is 31.0 Å². The third kappa shape index (κ3) is 2.94. The van der Waals surface area contributed by atoms with Gasteiger partial charge in [0.1, 0.15) is 18.0 Å². The molecule has 0 aliphatic heterocycles. The molecule has 0 atom stereocenters. The standard InChI is InChI=1S/C13H15N5/c1-2-10(7-14-5-1)8-15-12-6-13(17-9-16-12)18-11-3-4-11/h1-2,5-7,9,11H,3-4,8H2,(H2,15,16,17,18). The molecule has 0 bridgehead atoms. The van der Waals surface area contributed by atoms with Gasteiger partial charge in [-0.15, -0.1) is 0 Å². The minimum atomic E-state index is 0.603. The molecule has 0 saturated heterocycles. The van der Waals surface area contributed by atoms with Crippen LogP contribution >= 0.6 is 0 Å². The van der Waals surface area contributed by atoms with E-state index in [4.69, 9.17) is 0 Å². The van der Waals surface area contributed by atoms with Crippen LogP contribution in [0, 0.1) is 0 Å². The summed E-state index contributed by atoms with van der Waals surface area (Å²) in [6, 6.07) is 6.50. The lowest BCUT2D eigenvalue weighted by Gasteiger charge is -2.07. The molecule has 0 spiro atoms. The first-order chi connectivity index (χ1) is 8.90. The quantitative estimate of drug-likeness (QED) is 0.839.